The van der Waals surface area contributed by atoms with E-state index in [0.29, 0.717) is 6.54 Å². The summed E-state index contributed by atoms with van der Waals surface area (Å²) in [5.74, 6) is 0.557. The molecule has 1 aliphatic rings. The van der Waals surface area contributed by atoms with Crippen molar-refractivity contribution in [3.8, 4) is 0 Å². The van der Waals surface area contributed by atoms with Crippen LogP contribution in [0.25, 0.3) is 0 Å². The minimum Gasteiger partial charge on any atom is -0.356 e. The summed E-state index contributed by atoms with van der Waals surface area (Å²) in [6, 6.07) is 10.3. The molecule has 0 radical (unpaired) electrons. The van der Waals surface area contributed by atoms with Gasteiger partial charge in [-0.3, -0.25) is 9.59 Å². The van der Waals surface area contributed by atoms with Crippen LogP contribution in [-0.2, 0) is 16.1 Å². The number of rotatable bonds is 8. The molecule has 0 heterocycles. The van der Waals surface area contributed by atoms with Crippen LogP contribution in [0.2, 0.25) is 0 Å². The molecule has 1 N–H and O–H groups in total. The Hall–Kier alpha value is -1.84. The highest BCUT2D eigenvalue weighted by atomic mass is 16.2. The van der Waals surface area contributed by atoms with Crippen molar-refractivity contribution in [3.63, 3.8) is 0 Å². The van der Waals surface area contributed by atoms with E-state index in [2.05, 4.69) is 38.2 Å². The van der Waals surface area contributed by atoms with Crippen molar-refractivity contribution >= 4 is 11.8 Å². The van der Waals surface area contributed by atoms with Gasteiger partial charge >= 0.3 is 0 Å². The molecule has 0 atom stereocenters. The number of nitrogens with one attached hydrogen (secondary N) is 1. The first-order chi connectivity index (χ1) is 12.5. The number of unbranched alkanes of at least 4 members (excludes halogenated alkanes) is 1. The van der Waals surface area contributed by atoms with Crippen molar-refractivity contribution in [1.82, 2.24) is 10.2 Å². The monoisotopic (exact) mass is 358 g/mol. The van der Waals surface area contributed by atoms with E-state index in [1.807, 2.05) is 23.1 Å². The lowest BCUT2D eigenvalue weighted by Crippen LogP contribution is -2.42. The molecule has 144 valence electrons. The van der Waals surface area contributed by atoms with Crippen molar-refractivity contribution in [1.29, 1.82) is 0 Å². The summed E-state index contributed by atoms with van der Waals surface area (Å²) in [4.78, 5) is 27.3. The van der Waals surface area contributed by atoms with Crippen LogP contribution in [0.4, 0.5) is 0 Å². The zero-order valence-corrected chi connectivity index (χ0v) is 16.5. The van der Waals surface area contributed by atoms with Gasteiger partial charge in [-0.25, -0.2) is 0 Å². The Morgan fingerprint density at radius 2 is 1.69 bits per heavy atom. The summed E-state index contributed by atoms with van der Waals surface area (Å²) in [5.41, 5.74) is 1.17. The average molecular weight is 359 g/mol. The molecule has 0 bridgehead atoms. The molecule has 26 heavy (non-hydrogen) atoms. The molecule has 1 aromatic carbocycles. The van der Waals surface area contributed by atoms with Crippen molar-refractivity contribution in [2.45, 2.75) is 71.9 Å². The fourth-order valence-corrected chi connectivity index (χ4v) is 3.66. The van der Waals surface area contributed by atoms with Crippen molar-refractivity contribution in [2.75, 3.05) is 6.54 Å². The zero-order valence-electron chi connectivity index (χ0n) is 16.5. The van der Waals surface area contributed by atoms with Crippen LogP contribution in [0.3, 0.4) is 0 Å². The first-order valence-corrected chi connectivity index (χ1v) is 10.1. The molecule has 1 saturated carbocycles. The van der Waals surface area contributed by atoms with Gasteiger partial charge in [0, 0.05) is 31.0 Å². The Balaban J connectivity index is 1.88. The predicted octanol–water partition coefficient (Wildman–Crippen LogP) is 4.15. The van der Waals surface area contributed by atoms with Gasteiger partial charge in [-0.2, -0.15) is 0 Å². The number of hydrogen-bond acceptors (Lipinski definition) is 2. The van der Waals surface area contributed by atoms with E-state index < -0.39 is 0 Å². The maximum Gasteiger partial charge on any atom is 0.226 e. The van der Waals surface area contributed by atoms with E-state index in [4.69, 9.17) is 0 Å². The number of nitrogens with zero attached hydrogens (tertiary/aromatic N) is 1. The van der Waals surface area contributed by atoms with Gasteiger partial charge < -0.3 is 10.2 Å². The van der Waals surface area contributed by atoms with Crippen LogP contribution < -0.4 is 5.32 Å². The smallest absolute Gasteiger partial charge is 0.226 e. The molecule has 1 fully saturated rings. The van der Waals surface area contributed by atoms with Gasteiger partial charge in [-0.05, 0) is 51.5 Å². The lowest BCUT2D eigenvalue weighted by Gasteiger charge is -2.34. The highest BCUT2D eigenvalue weighted by molar-refractivity contribution is 5.81. The third-order valence-corrected chi connectivity index (χ3v) is 5.38. The fraction of sp³-hybridized carbons (Fsp3) is 0.636. The number of carbonyl (C=O) groups is 2. The lowest BCUT2D eigenvalue weighted by molar-refractivity contribution is -0.140. The molecule has 1 aromatic rings. The minimum absolute atomic E-state index is 0.0563. The van der Waals surface area contributed by atoms with E-state index in [9.17, 15) is 9.59 Å². The molecular formula is C22H34N2O2. The first kappa shape index (κ1) is 20.5. The second-order valence-electron chi connectivity index (χ2n) is 7.74. The van der Waals surface area contributed by atoms with E-state index in [-0.39, 0.29) is 29.7 Å². The second-order valence-corrected chi connectivity index (χ2v) is 7.74. The van der Waals surface area contributed by atoms with E-state index >= 15 is 0 Å². The van der Waals surface area contributed by atoms with Gasteiger partial charge in [0.2, 0.25) is 11.8 Å². The predicted molar refractivity (Wildman–Crippen MR) is 105 cm³/mol. The van der Waals surface area contributed by atoms with Crippen LogP contribution in [0.5, 0.6) is 0 Å². The maximum absolute atomic E-state index is 13.1. The van der Waals surface area contributed by atoms with Crippen LogP contribution in [0.1, 0.15) is 64.9 Å². The third-order valence-electron chi connectivity index (χ3n) is 5.38. The standard InChI is InChI=1S/C22H34N2O2/c1-4-5-15-23-21(25)19-11-13-20(14-12-19)22(26)24(17(2)3)16-18-9-7-6-8-10-18/h6-10,17,19-20H,4-5,11-16H2,1-3H3,(H,23,25). The van der Waals surface area contributed by atoms with Gasteiger partial charge in [-0.1, -0.05) is 43.7 Å². The number of hydrogen-bond donors (Lipinski definition) is 1. The van der Waals surface area contributed by atoms with Gasteiger partial charge in [0.1, 0.15) is 0 Å². The zero-order chi connectivity index (χ0) is 18.9. The molecule has 0 aromatic heterocycles. The van der Waals surface area contributed by atoms with Gasteiger partial charge in [0.25, 0.3) is 0 Å². The number of carbonyl (C=O) groups excluding carboxylic acids is 2. The number of benzene rings is 1. The third kappa shape index (κ3) is 5.86. The van der Waals surface area contributed by atoms with Crippen LogP contribution in [0.15, 0.2) is 30.3 Å². The molecule has 0 aliphatic heterocycles. The van der Waals surface area contributed by atoms with Crippen LogP contribution >= 0.6 is 0 Å². The van der Waals surface area contributed by atoms with E-state index in [1.165, 1.54) is 5.56 Å². The molecule has 1 aliphatic carbocycles. The van der Waals surface area contributed by atoms with Gasteiger partial charge in [0.05, 0.1) is 0 Å². The lowest BCUT2D eigenvalue weighted by atomic mass is 9.80. The summed E-state index contributed by atoms with van der Waals surface area (Å²) in [6.07, 6.45) is 5.42. The SMILES string of the molecule is CCCCNC(=O)C1CCC(C(=O)N(Cc2ccccc2)C(C)C)CC1. The number of amides is 2. The quantitative estimate of drug-likeness (QED) is 0.710. The summed E-state index contributed by atoms with van der Waals surface area (Å²) in [7, 11) is 0. The van der Waals surface area contributed by atoms with E-state index in [1.54, 1.807) is 0 Å². The van der Waals surface area contributed by atoms with Gasteiger partial charge in [0.15, 0.2) is 0 Å². The fourth-order valence-electron chi connectivity index (χ4n) is 3.66. The Bertz CT molecular complexity index is 563. The molecule has 0 unspecified atom stereocenters. The van der Waals surface area contributed by atoms with Gasteiger partial charge in [-0.15, -0.1) is 0 Å². The molecule has 4 nitrogen and oxygen atoms in total. The first-order valence-electron chi connectivity index (χ1n) is 10.1. The largest absolute Gasteiger partial charge is 0.356 e. The highest BCUT2D eigenvalue weighted by Gasteiger charge is 2.32. The Morgan fingerprint density at radius 1 is 1.08 bits per heavy atom. The molecule has 4 heteroatoms. The normalized spacial score (nSPS) is 20.0. The second kappa shape index (κ2) is 10.3. The minimum atomic E-state index is 0.0563. The Morgan fingerprint density at radius 3 is 2.27 bits per heavy atom. The molecule has 2 rings (SSSR count). The van der Waals surface area contributed by atoms with Crippen LogP contribution in [-0.4, -0.2) is 29.3 Å². The van der Waals surface area contributed by atoms with E-state index in [0.717, 1.165) is 45.1 Å². The van der Waals surface area contributed by atoms with Crippen molar-refractivity contribution in [2.24, 2.45) is 11.8 Å². The topological polar surface area (TPSA) is 49.4 Å². The Labute approximate surface area is 158 Å². The summed E-state index contributed by atoms with van der Waals surface area (Å²) in [5, 5.41) is 3.04. The Kier molecular flexibility index (Phi) is 8.14. The summed E-state index contributed by atoms with van der Waals surface area (Å²) < 4.78 is 0. The highest BCUT2D eigenvalue weighted by Crippen LogP contribution is 2.31. The van der Waals surface area contributed by atoms with Crippen molar-refractivity contribution < 1.29 is 9.59 Å². The molecule has 0 saturated heterocycles. The molecule has 2 amide bonds. The molecular weight excluding hydrogens is 324 g/mol. The maximum atomic E-state index is 13.1. The average Bonchev–Trinajstić information content (AvgIpc) is 2.66. The van der Waals surface area contributed by atoms with Crippen molar-refractivity contribution in [3.05, 3.63) is 35.9 Å². The summed E-state index contributed by atoms with van der Waals surface area (Å²) in [6.45, 7) is 7.71. The molecule has 0 spiro atoms. The van der Waals surface area contributed by atoms with Crippen LogP contribution in [0, 0.1) is 11.8 Å². The summed E-state index contributed by atoms with van der Waals surface area (Å²) >= 11 is 0.